The van der Waals surface area contributed by atoms with E-state index in [1.165, 1.54) is 39.7 Å². The van der Waals surface area contributed by atoms with Crippen LogP contribution in [0.1, 0.15) is 87.0 Å². The van der Waals surface area contributed by atoms with E-state index < -0.39 is 0 Å². The lowest BCUT2D eigenvalue weighted by molar-refractivity contribution is -0.131. The summed E-state index contributed by atoms with van der Waals surface area (Å²) in [6.07, 6.45) is 14.3. The summed E-state index contributed by atoms with van der Waals surface area (Å²) in [5, 5.41) is 8.33. The van der Waals surface area contributed by atoms with Gasteiger partial charge in [0.2, 0.25) is 17.7 Å². The van der Waals surface area contributed by atoms with Crippen LogP contribution in [-0.2, 0) is 28.7 Å². The SMILES string of the molecule is C=O.CC.CC(=O)NCC(=O)N1CCCC1.CCC.CCC.CNCC(=O)N1CCCC1.CNc1cn2cc(-c3ccc(-c4cnc[nH]4)cc3)oc2n1.COC=O. The molecule has 2 saturated heterocycles. The number of likely N-dealkylation sites (tertiary alicyclic amines) is 2. The monoisotopic (exact) mass is 800 g/mol. The van der Waals surface area contributed by atoms with E-state index in [4.69, 9.17) is 14.0 Å². The molecular weight excluding hydrogens is 731 g/mol. The molecule has 57 heavy (non-hydrogen) atoms. The lowest BCUT2D eigenvalue weighted by Gasteiger charge is -2.14. The number of oxazole rings is 1. The van der Waals surface area contributed by atoms with Crippen molar-refractivity contribution in [1.29, 1.82) is 0 Å². The second-order valence-electron chi connectivity index (χ2n) is 12.1. The predicted octanol–water partition coefficient (Wildman–Crippen LogP) is 6.06. The number of likely N-dealkylation sites (N-methyl/N-ethyl adjacent to an activating group) is 1. The number of carbonyl (C=O) groups is 5. The molecule has 0 unspecified atom stereocenters. The number of hydrogen-bond acceptors (Lipinski definition) is 11. The quantitative estimate of drug-likeness (QED) is 0.151. The Labute approximate surface area is 339 Å². The van der Waals surface area contributed by atoms with Gasteiger partial charge >= 0.3 is 5.84 Å². The Morgan fingerprint density at radius 1 is 0.860 bits per heavy atom. The Morgan fingerprint density at radius 2 is 1.33 bits per heavy atom. The fourth-order valence-corrected chi connectivity index (χ4v) is 4.79. The molecule has 0 bridgehead atoms. The van der Waals surface area contributed by atoms with Gasteiger partial charge in [0.25, 0.3) is 6.47 Å². The van der Waals surface area contributed by atoms with E-state index in [0.717, 1.165) is 67.4 Å². The summed E-state index contributed by atoms with van der Waals surface area (Å²) >= 11 is 0. The summed E-state index contributed by atoms with van der Waals surface area (Å²) in [4.78, 5) is 64.9. The van der Waals surface area contributed by atoms with E-state index in [1.54, 1.807) is 24.5 Å². The third-order valence-electron chi connectivity index (χ3n) is 7.22. The number of hydrogen-bond donors (Lipinski definition) is 4. The van der Waals surface area contributed by atoms with Crippen LogP contribution in [0.2, 0.25) is 0 Å². The lowest BCUT2D eigenvalue weighted by atomic mass is 10.1. The van der Waals surface area contributed by atoms with Crippen LogP contribution in [0.5, 0.6) is 0 Å². The fourth-order valence-electron chi connectivity index (χ4n) is 4.79. The van der Waals surface area contributed by atoms with Crippen LogP contribution in [0, 0.1) is 0 Å². The number of aromatic amines is 1. The van der Waals surface area contributed by atoms with Gasteiger partial charge in [0.15, 0.2) is 5.76 Å². The minimum absolute atomic E-state index is 0.0303. The molecule has 6 rings (SSSR count). The Hall–Kier alpha value is -5.51. The first-order valence-corrected chi connectivity index (χ1v) is 19.6. The van der Waals surface area contributed by atoms with Crippen molar-refractivity contribution >= 4 is 42.6 Å². The average molecular weight is 800 g/mol. The van der Waals surface area contributed by atoms with Gasteiger partial charge in [0.1, 0.15) is 12.6 Å². The highest BCUT2D eigenvalue weighted by atomic mass is 16.5. The van der Waals surface area contributed by atoms with Gasteiger partial charge in [0.05, 0.1) is 50.8 Å². The molecule has 3 amide bonds. The summed E-state index contributed by atoms with van der Waals surface area (Å²) in [7, 11) is 4.94. The smallest absolute Gasteiger partial charge is 0.308 e. The van der Waals surface area contributed by atoms with Crippen LogP contribution in [0.25, 0.3) is 28.4 Å². The molecule has 320 valence electrons. The van der Waals surface area contributed by atoms with Crippen LogP contribution in [-0.4, -0.2) is 121 Å². The van der Waals surface area contributed by atoms with Crippen molar-refractivity contribution < 1.29 is 33.1 Å². The maximum Gasteiger partial charge on any atom is 0.308 e. The number of anilines is 1. The molecule has 2 fully saturated rings. The van der Waals surface area contributed by atoms with E-state index in [1.807, 2.05) is 73.6 Å². The molecule has 2 aliphatic heterocycles. The highest BCUT2D eigenvalue weighted by Crippen LogP contribution is 2.26. The molecule has 5 heterocycles. The molecule has 0 aliphatic carbocycles. The highest BCUT2D eigenvalue weighted by molar-refractivity contribution is 5.83. The van der Waals surface area contributed by atoms with E-state index in [9.17, 15) is 14.4 Å². The van der Waals surface area contributed by atoms with Gasteiger partial charge in [-0.05, 0) is 38.3 Å². The predicted molar refractivity (Wildman–Crippen MR) is 228 cm³/mol. The van der Waals surface area contributed by atoms with Gasteiger partial charge in [-0.2, -0.15) is 4.98 Å². The summed E-state index contributed by atoms with van der Waals surface area (Å²) in [5.74, 6) is 2.27. The molecule has 0 atom stereocenters. The van der Waals surface area contributed by atoms with Crippen LogP contribution in [0.15, 0.2) is 53.6 Å². The molecule has 1 aromatic carbocycles. The zero-order valence-corrected chi connectivity index (χ0v) is 36.0. The number of imidazole rings is 2. The standard InChI is InChI=1S/C15H13N5O.C8H14N2O2.C7H14N2O.2C3H8.C2H4O2.C2H6.CH2O/c1-16-14-8-20-7-13(21-15(20)19-14)11-4-2-10(3-5-11)12-6-17-9-18-12;1-7(11)9-6-8(12)10-4-2-3-5-10;1-8-6-7(10)9-4-2-3-5-9;2*1-3-2;1-4-2-3;2*1-2/h2-9,16H,1H3,(H,17,18);2-6H2,1H3,(H,9,11);8H,2-6H2,1H3;2*3H2,1-2H3;2H,1H3;1-2H3;1H2. The second kappa shape index (κ2) is 34.9. The largest absolute Gasteiger partial charge is 0.471 e. The van der Waals surface area contributed by atoms with Gasteiger partial charge in [-0.15, -0.1) is 0 Å². The van der Waals surface area contributed by atoms with Crippen molar-refractivity contribution in [1.82, 2.24) is 39.8 Å². The van der Waals surface area contributed by atoms with Gasteiger partial charge in [-0.25, -0.2) is 4.98 Å². The Morgan fingerprint density at radius 3 is 1.72 bits per heavy atom. The van der Waals surface area contributed by atoms with Crippen LogP contribution < -0.4 is 16.0 Å². The van der Waals surface area contributed by atoms with E-state index >= 15 is 0 Å². The molecule has 16 heteroatoms. The van der Waals surface area contributed by atoms with Crippen molar-refractivity contribution in [3.8, 4) is 22.6 Å². The Bertz CT molecular complexity index is 1540. The number of aromatic nitrogens is 4. The molecule has 0 saturated carbocycles. The summed E-state index contributed by atoms with van der Waals surface area (Å²) in [6.45, 7) is 20.5. The number of methoxy groups -OCH3 is 1. The normalized spacial score (nSPS) is 11.8. The van der Waals surface area contributed by atoms with Crippen LogP contribution >= 0.6 is 0 Å². The molecule has 0 radical (unpaired) electrons. The number of benzene rings is 1. The zero-order valence-electron chi connectivity index (χ0n) is 36.0. The van der Waals surface area contributed by atoms with Crippen LogP contribution in [0.4, 0.5) is 5.82 Å². The van der Waals surface area contributed by atoms with Gasteiger partial charge in [0, 0.05) is 45.7 Å². The number of nitrogens with zero attached hydrogens (tertiary/aromatic N) is 5. The van der Waals surface area contributed by atoms with Gasteiger partial charge in [-0.1, -0.05) is 78.6 Å². The maximum absolute atomic E-state index is 11.3. The van der Waals surface area contributed by atoms with Crippen molar-refractivity contribution in [2.75, 3.05) is 65.8 Å². The van der Waals surface area contributed by atoms with E-state index in [2.05, 4.69) is 63.3 Å². The van der Waals surface area contributed by atoms with Crippen molar-refractivity contribution in [3.63, 3.8) is 0 Å². The number of H-pyrrole nitrogens is 1. The maximum atomic E-state index is 11.3. The highest BCUT2D eigenvalue weighted by Gasteiger charge is 2.17. The van der Waals surface area contributed by atoms with Crippen LogP contribution in [0.3, 0.4) is 0 Å². The number of rotatable bonds is 8. The Kier molecular flexibility index (Phi) is 32.9. The summed E-state index contributed by atoms with van der Waals surface area (Å²) in [5.41, 5.74) is 3.09. The van der Waals surface area contributed by atoms with Crippen molar-refractivity contribution in [3.05, 3.63) is 49.2 Å². The summed E-state index contributed by atoms with van der Waals surface area (Å²) < 4.78 is 11.5. The lowest BCUT2D eigenvalue weighted by Crippen LogP contribution is -2.37. The third kappa shape index (κ3) is 22.6. The molecule has 16 nitrogen and oxygen atoms in total. The Balaban J connectivity index is 0. The topological polar surface area (TPSA) is 196 Å². The zero-order chi connectivity index (χ0) is 43.4. The molecule has 2 aliphatic rings. The van der Waals surface area contributed by atoms with E-state index in [0.29, 0.717) is 18.9 Å². The number of amides is 3. The molecular formula is C41H69N9O7. The molecule has 4 N–H and O–H groups in total. The minimum atomic E-state index is -0.150. The number of fused-ring (bicyclic) bond motifs is 1. The minimum Gasteiger partial charge on any atom is -0.471 e. The first kappa shape index (κ1) is 53.6. The van der Waals surface area contributed by atoms with E-state index in [-0.39, 0.29) is 24.3 Å². The number of carbonyl (C=O) groups excluding carboxylic acids is 5. The third-order valence-corrected chi connectivity index (χ3v) is 7.22. The molecule has 4 aromatic rings. The molecule has 3 aromatic heterocycles. The first-order valence-electron chi connectivity index (χ1n) is 19.6. The van der Waals surface area contributed by atoms with Gasteiger partial charge in [-0.3, -0.25) is 23.6 Å². The average Bonchev–Trinajstić information content (AvgIpc) is 4.09. The van der Waals surface area contributed by atoms with Crippen molar-refractivity contribution in [2.45, 2.75) is 87.0 Å². The number of nitrogens with one attached hydrogen (secondary N) is 4. The van der Waals surface area contributed by atoms with Crippen molar-refractivity contribution in [2.24, 2.45) is 0 Å². The van der Waals surface area contributed by atoms with Gasteiger partial charge < -0.3 is 44.7 Å². The fraction of sp³-hybridized carbons (Fsp3) is 0.537. The first-order chi connectivity index (χ1) is 27.6. The summed E-state index contributed by atoms with van der Waals surface area (Å²) in [6, 6.07) is 8.11. The number of ether oxygens (including phenoxy) is 1. The second-order valence-corrected chi connectivity index (χ2v) is 12.1. The molecule has 0 spiro atoms.